The van der Waals surface area contributed by atoms with Gasteiger partial charge in [-0.3, -0.25) is 10.1 Å². The maximum Gasteiger partial charge on any atom is 0.573 e. The summed E-state index contributed by atoms with van der Waals surface area (Å²) in [6.45, 7) is 0. The molecule has 0 saturated heterocycles. The molecule has 0 amide bonds. The molecule has 0 bridgehead atoms. The number of nitro groups is 1. The zero-order valence-corrected chi connectivity index (χ0v) is 11.3. The average Bonchev–Trinajstić information content (AvgIpc) is 2.45. The number of nitrogens with zero attached hydrogens (tertiary/aromatic N) is 1. The van der Waals surface area contributed by atoms with Crippen LogP contribution in [0.4, 0.5) is 18.9 Å². The summed E-state index contributed by atoms with van der Waals surface area (Å²) in [5.74, 6) is -0.0834. The molecule has 0 aliphatic rings. The first-order chi connectivity index (χ1) is 10.3. The van der Waals surface area contributed by atoms with E-state index in [1.807, 2.05) is 0 Å². The van der Waals surface area contributed by atoms with E-state index < -0.39 is 17.0 Å². The van der Waals surface area contributed by atoms with Crippen LogP contribution in [0.15, 0.2) is 42.5 Å². The normalized spacial score (nSPS) is 11.1. The molecule has 0 aromatic heterocycles. The molecule has 2 aromatic rings. The maximum absolute atomic E-state index is 12.1. The second-order valence-electron chi connectivity index (χ2n) is 4.21. The number of halogens is 3. The van der Waals surface area contributed by atoms with E-state index in [9.17, 15) is 23.3 Å². The molecule has 5 nitrogen and oxygen atoms in total. The van der Waals surface area contributed by atoms with Crippen LogP contribution in [0.25, 0.3) is 11.1 Å². The number of hydrogen-bond acceptors (Lipinski definition) is 4. The summed E-state index contributed by atoms with van der Waals surface area (Å²) in [4.78, 5) is 10.5. The molecule has 116 valence electrons. The van der Waals surface area contributed by atoms with Crippen LogP contribution in [0.1, 0.15) is 0 Å². The SMILES string of the molecule is COc1ccc(-c2ccc(OC(F)(F)F)cc2)c([N+](=O)[O-])c1. The number of rotatable bonds is 4. The van der Waals surface area contributed by atoms with E-state index in [1.165, 1.54) is 37.4 Å². The topological polar surface area (TPSA) is 61.6 Å². The molecule has 0 atom stereocenters. The van der Waals surface area contributed by atoms with E-state index in [4.69, 9.17) is 4.74 Å². The fraction of sp³-hybridized carbons (Fsp3) is 0.143. The maximum atomic E-state index is 12.1. The van der Waals surface area contributed by atoms with Crippen molar-refractivity contribution in [1.29, 1.82) is 0 Å². The van der Waals surface area contributed by atoms with Crippen LogP contribution in [0.5, 0.6) is 11.5 Å². The summed E-state index contributed by atoms with van der Waals surface area (Å²) in [5, 5.41) is 11.1. The minimum atomic E-state index is -4.78. The summed E-state index contributed by atoms with van der Waals surface area (Å²) in [6, 6.07) is 9.06. The molecule has 22 heavy (non-hydrogen) atoms. The van der Waals surface area contributed by atoms with Crippen LogP contribution in [0.2, 0.25) is 0 Å². The molecule has 0 aliphatic heterocycles. The lowest BCUT2D eigenvalue weighted by molar-refractivity contribution is -0.384. The van der Waals surface area contributed by atoms with Crippen LogP contribution in [0.3, 0.4) is 0 Å². The summed E-state index contributed by atoms with van der Waals surface area (Å²) in [5.41, 5.74) is 0.456. The van der Waals surface area contributed by atoms with Crippen molar-refractivity contribution in [1.82, 2.24) is 0 Å². The van der Waals surface area contributed by atoms with Crippen molar-refractivity contribution in [2.24, 2.45) is 0 Å². The first-order valence-electron chi connectivity index (χ1n) is 5.99. The van der Waals surface area contributed by atoms with Crippen molar-refractivity contribution >= 4 is 5.69 Å². The molecule has 0 radical (unpaired) electrons. The lowest BCUT2D eigenvalue weighted by Crippen LogP contribution is -2.16. The van der Waals surface area contributed by atoms with E-state index in [0.29, 0.717) is 11.3 Å². The molecule has 0 N–H and O–H groups in total. The van der Waals surface area contributed by atoms with Crippen molar-refractivity contribution in [3.63, 3.8) is 0 Å². The molecule has 2 rings (SSSR count). The standard InChI is InChI=1S/C14H10F3NO4/c1-21-11-6-7-12(13(8-11)18(19)20)9-2-4-10(5-3-9)22-14(15,16)17/h2-8H,1H3. The summed E-state index contributed by atoms with van der Waals surface area (Å²) in [7, 11) is 1.38. The fourth-order valence-electron chi connectivity index (χ4n) is 1.87. The predicted molar refractivity (Wildman–Crippen MR) is 71.8 cm³/mol. The minimum absolute atomic E-state index is 0.205. The minimum Gasteiger partial charge on any atom is -0.497 e. The highest BCUT2D eigenvalue weighted by atomic mass is 19.4. The van der Waals surface area contributed by atoms with Gasteiger partial charge in [-0.05, 0) is 29.8 Å². The highest BCUT2D eigenvalue weighted by Gasteiger charge is 2.31. The lowest BCUT2D eigenvalue weighted by Gasteiger charge is -2.10. The van der Waals surface area contributed by atoms with Gasteiger partial charge in [0.1, 0.15) is 11.5 Å². The van der Waals surface area contributed by atoms with Crippen molar-refractivity contribution < 1.29 is 27.6 Å². The molecular weight excluding hydrogens is 303 g/mol. The average molecular weight is 313 g/mol. The third kappa shape index (κ3) is 3.66. The van der Waals surface area contributed by atoms with Crippen molar-refractivity contribution in [3.8, 4) is 22.6 Å². The Morgan fingerprint density at radius 3 is 2.14 bits per heavy atom. The van der Waals surface area contributed by atoms with Gasteiger partial charge < -0.3 is 9.47 Å². The molecular formula is C14H10F3NO4. The Morgan fingerprint density at radius 2 is 1.64 bits per heavy atom. The monoisotopic (exact) mass is 313 g/mol. The molecule has 0 unspecified atom stereocenters. The number of alkyl halides is 3. The van der Waals surface area contributed by atoms with E-state index >= 15 is 0 Å². The molecule has 8 heteroatoms. The van der Waals surface area contributed by atoms with Gasteiger partial charge in [0.25, 0.3) is 5.69 Å². The smallest absolute Gasteiger partial charge is 0.497 e. The Kier molecular flexibility index (Phi) is 4.20. The first-order valence-corrected chi connectivity index (χ1v) is 5.99. The van der Waals surface area contributed by atoms with E-state index in [0.717, 1.165) is 12.1 Å². The van der Waals surface area contributed by atoms with E-state index in [-0.39, 0.29) is 11.3 Å². The number of benzene rings is 2. The Bertz CT molecular complexity index is 683. The van der Waals surface area contributed by atoms with Gasteiger partial charge in [0.15, 0.2) is 0 Å². The second-order valence-corrected chi connectivity index (χ2v) is 4.21. The van der Waals surface area contributed by atoms with Crippen LogP contribution >= 0.6 is 0 Å². The molecule has 0 heterocycles. The Morgan fingerprint density at radius 1 is 1.05 bits per heavy atom. The largest absolute Gasteiger partial charge is 0.573 e. The molecule has 0 aliphatic carbocycles. The Hall–Kier alpha value is -2.77. The fourth-order valence-corrected chi connectivity index (χ4v) is 1.87. The Balaban J connectivity index is 2.38. The van der Waals surface area contributed by atoms with Crippen LogP contribution in [-0.2, 0) is 0 Å². The van der Waals surface area contributed by atoms with Gasteiger partial charge in [-0.1, -0.05) is 12.1 Å². The van der Waals surface area contributed by atoms with Crippen LogP contribution in [0, 0.1) is 10.1 Å². The highest BCUT2D eigenvalue weighted by molar-refractivity contribution is 5.75. The zero-order valence-electron chi connectivity index (χ0n) is 11.3. The number of methoxy groups -OCH3 is 1. The van der Waals surface area contributed by atoms with E-state index in [1.54, 1.807) is 0 Å². The number of nitro benzene ring substituents is 1. The van der Waals surface area contributed by atoms with E-state index in [2.05, 4.69) is 4.74 Å². The van der Waals surface area contributed by atoms with Crippen molar-refractivity contribution in [3.05, 3.63) is 52.6 Å². The summed E-state index contributed by atoms with van der Waals surface area (Å²) < 4.78 is 45.0. The molecule has 0 spiro atoms. The number of ether oxygens (including phenoxy) is 2. The van der Waals surface area contributed by atoms with Crippen molar-refractivity contribution in [2.45, 2.75) is 6.36 Å². The summed E-state index contributed by atoms with van der Waals surface area (Å²) >= 11 is 0. The third-order valence-corrected chi connectivity index (χ3v) is 2.80. The highest BCUT2D eigenvalue weighted by Crippen LogP contribution is 2.34. The molecule has 2 aromatic carbocycles. The van der Waals surface area contributed by atoms with Crippen LogP contribution < -0.4 is 9.47 Å². The molecule has 0 saturated carbocycles. The van der Waals surface area contributed by atoms with Gasteiger partial charge in [-0.15, -0.1) is 13.2 Å². The van der Waals surface area contributed by atoms with Gasteiger partial charge in [0.05, 0.1) is 23.7 Å². The zero-order chi connectivity index (χ0) is 16.3. The second kappa shape index (κ2) is 5.92. The van der Waals surface area contributed by atoms with Gasteiger partial charge in [0.2, 0.25) is 0 Å². The lowest BCUT2D eigenvalue weighted by atomic mass is 10.0. The van der Waals surface area contributed by atoms with Crippen molar-refractivity contribution in [2.75, 3.05) is 7.11 Å². The Labute approximate surface area is 123 Å². The third-order valence-electron chi connectivity index (χ3n) is 2.80. The van der Waals surface area contributed by atoms with Gasteiger partial charge in [-0.25, -0.2) is 0 Å². The van der Waals surface area contributed by atoms with Gasteiger partial charge in [0, 0.05) is 0 Å². The predicted octanol–water partition coefficient (Wildman–Crippen LogP) is 4.17. The molecule has 0 fully saturated rings. The first kappa shape index (κ1) is 15.6. The summed E-state index contributed by atoms with van der Waals surface area (Å²) in [6.07, 6.45) is -4.78. The number of hydrogen-bond donors (Lipinski definition) is 0. The van der Waals surface area contributed by atoms with Crippen LogP contribution in [-0.4, -0.2) is 18.4 Å². The quantitative estimate of drug-likeness (QED) is 0.628. The van der Waals surface area contributed by atoms with Gasteiger partial charge in [-0.2, -0.15) is 0 Å². The van der Waals surface area contributed by atoms with Gasteiger partial charge >= 0.3 is 6.36 Å².